The summed E-state index contributed by atoms with van der Waals surface area (Å²) in [6.45, 7) is 2.71. The third kappa shape index (κ3) is 7.11. The summed E-state index contributed by atoms with van der Waals surface area (Å²) >= 11 is 0. The van der Waals surface area contributed by atoms with E-state index in [1.54, 1.807) is 12.1 Å². The van der Waals surface area contributed by atoms with E-state index in [9.17, 15) is 17.6 Å². The Bertz CT molecular complexity index is 867. The maximum absolute atomic E-state index is 12.9. The number of nitrogens with zero attached hydrogens (tertiary/aromatic N) is 1. The third-order valence-electron chi connectivity index (χ3n) is 4.31. The molecule has 146 valence electrons. The van der Waals surface area contributed by atoms with Crippen LogP contribution < -0.4 is 5.32 Å². The highest BCUT2D eigenvalue weighted by atomic mass is 32.2. The van der Waals surface area contributed by atoms with E-state index in [4.69, 9.17) is 0 Å². The van der Waals surface area contributed by atoms with Crippen molar-refractivity contribution in [2.45, 2.75) is 26.3 Å². The van der Waals surface area contributed by atoms with E-state index < -0.39 is 10.0 Å². The van der Waals surface area contributed by atoms with Gasteiger partial charge in [0.15, 0.2) is 0 Å². The van der Waals surface area contributed by atoms with E-state index in [0.717, 1.165) is 22.9 Å². The molecule has 0 bridgehead atoms. The first-order valence-corrected chi connectivity index (χ1v) is 10.6. The summed E-state index contributed by atoms with van der Waals surface area (Å²) < 4.78 is 38.3. The molecule has 0 aromatic heterocycles. The average Bonchev–Trinajstić information content (AvgIpc) is 2.61. The Morgan fingerprint density at radius 2 is 1.78 bits per heavy atom. The van der Waals surface area contributed by atoms with Gasteiger partial charge in [-0.15, -0.1) is 0 Å². The summed E-state index contributed by atoms with van der Waals surface area (Å²) in [6.07, 6.45) is 1.82. The highest BCUT2D eigenvalue weighted by Gasteiger charge is 2.19. The van der Waals surface area contributed by atoms with Crippen LogP contribution in [0, 0.1) is 12.7 Å². The van der Waals surface area contributed by atoms with Crippen LogP contribution in [0.25, 0.3) is 0 Å². The van der Waals surface area contributed by atoms with Crippen molar-refractivity contribution in [3.8, 4) is 0 Å². The van der Waals surface area contributed by atoms with Crippen LogP contribution >= 0.6 is 0 Å². The lowest BCUT2D eigenvalue weighted by molar-refractivity contribution is -0.121. The summed E-state index contributed by atoms with van der Waals surface area (Å²) in [5, 5.41) is 2.77. The minimum Gasteiger partial charge on any atom is -0.356 e. The van der Waals surface area contributed by atoms with Gasteiger partial charge in [-0.2, -0.15) is 4.31 Å². The standard InChI is InChI=1S/C20H25FN2O3S/c1-16-5-3-4-6-18(16)15-23(27(2,25)26)14-12-20(24)22-13-11-17-7-9-19(21)10-8-17/h3-10H,11-15H2,1-2H3,(H,22,24). The van der Waals surface area contributed by atoms with Crippen LogP contribution in [0.1, 0.15) is 23.1 Å². The van der Waals surface area contributed by atoms with Crippen LogP contribution in [0.3, 0.4) is 0 Å². The molecule has 0 aliphatic rings. The molecule has 27 heavy (non-hydrogen) atoms. The fourth-order valence-corrected chi connectivity index (χ4v) is 3.45. The monoisotopic (exact) mass is 392 g/mol. The van der Waals surface area contributed by atoms with E-state index in [-0.39, 0.29) is 31.2 Å². The predicted octanol–water partition coefficient (Wildman–Crippen LogP) is 2.64. The van der Waals surface area contributed by atoms with Crippen LogP contribution in [-0.2, 0) is 27.8 Å². The van der Waals surface area contributed by atoms with Gasteiger partial charge in [-0.05, 0) is 42.2 Å². The van der Waals surface area contributed by atoms with Crippen molar-refractivity contribution < 1.29 is 17.6 Å². The number of rotatable bonds is 9. The largest absolute Gasteiger partial charge is 0.356 e. The van der Waals surface area contributed by atoms with Crippen molar-refractivity contribution in [1.82, 2.24) is 9.62 Å². The molecule has 0 fully saturated rings. The molecule has 0 spiro atoms. The lowest BCUT2D eigenvalue weighted by atomic mass is 10.1. The van der Waals surface area contributed by atoms with Gasteiger partial charge >= 0.3 is 0 Å². The second kappa shape index (κ2) is 9.62. The zero-order chi connectivity index (χ0) is 19.9. The molecule has 7 heteroatoms. The molecule has 2 aromatic rings. The molecule has 0 unspecified atom stereocenters. The van der Waals surface area contributed by atoms with Gasteiger partial charge in [-0.3, -0.25) is 4.79 Å². The number of carbonyl (C=O) groups excluding carboxylic acids is 1. The van der Waals surface area contributed by atoms with E-state index in [1.807, 2.05) is 31.2 Å². The van der Waals surface area contributed by atoms with E-state index in [0.29, 0.717) is 13.0 Å². The Hall–Kier alpha value is -2.25. The molecule has 5 nitrogen and oxygen atoms in total. The number of amides is 1. The molecule has 0 saturated heterocycles. The van der Waals surface area contributed by atoms with Crippen molar-refractivity contribution >= 4 is 15.9 Å². The zero-order valence-electron chi connectivity index (χ0n) is 15.6. The fraction of sp³-hybridized carbons (Fsp3) is 0.350. The van der Waals surface area contributed by atoms with Crippen molar-refractivity contribution in [2.24, 2.45) is 0 Å². The number of nitrogens with one attached hydrogen (secondary N) is 1. The molecule has 1 N–H and O–H groups in total. The van der Waals surface area contributed by atoms with Gasteiger partial charge in [0.2, 0.25) is 15.9 Å². The molecule has 0 radical (unpaired) electrons. The molecule has 2 rings (SSSR count). The maximum Gasteiger partial charge on any atom is 0.221 e. The molecule has 0 aliphatic heterocycles. The molecular weight excluding hydrogens is 367 g/mol. The second-order valence-electron chi connectivity index (χ2n) is 6.50. The first-order chi connectivity index (χ1) is 12.8. The first-order valence-electron chi connectivity index (χ1n) is 8.76. The SMILES string of the molecule is Cc1ccccc1CN(CCC(=O)NCCc1ccc(F)cc1)S(C)(=O)=O. The number of sulfonamides is 1. The molecular formula is C20H25FN2O3S. The van der Waals surface area contributed by atoms with Gasteiger partial charge in [0.1, 0.15) is 5.82 Å². The van der Waals surface area contributed by atoms with Crippen molar-refractivity contribution in [1.29, 1.82) is 0 Å². The van der Waals surface area contributed by atoms with Gasteiger partial charge in [0.25, 0.3) is 0 Å². The van der Waals surface area contributed by atoms with Crippen molar-refractivity contribution in [3.63, 3.8) is 0 Å². The Balaban J connectivity index is 1.84. The van der Waals surface area contributed by atoms with Crippen molar-refractivity contribution in [2.75, 3.05) is 19.3 Å². The van der Waals surface area contributed by atoms with Crippen molar-refractivity contribution in [3.05, 3.63) is 71.0 Å². The van der Waals surface area contributed by atoms with Crippen LogP contribution in [0.4, 0.5) is 4.39 Å². The van der Waals surface area contributed by atoms with Crippen LogP contribution in [0.5, 0.6) is 0 Å². The smallest absolute Gasteiger partial charge is 0.221 e. The van der Waals surface area contributed by atoms with E-state index in [2.05, 4.69) is 5.32 Å². The van der Waals surface area contributed by atoms with Gasteiger partial charge < -0.3 is 5.32 Å². The minimum atomic E-state index is -3.43. The second-order valence-corrected chi connectivity index (χ2v) is 8.48. The van der Waals surface area contributed by atoms with Crippen LogP contribution in [0.2, 0.25) is 0 Å². The topological polar surface area (TPSA) is 66.5 Å². The first kappa shape index (κ1) is 21.1. The van der Waals surface area contributed by atoms with Gasteiger partial charge in [-0.1, -0.05) is 36.4 Å². The predicted molar refractivity (Wildman–Crippen MR) is 104 cm³/mol. The summed E-state index contributed by atoms with van der Waals surface area (Å²) in [5.41, 5.74) is 2.85. The highest BCUT2D eigenvalue weighted by Crippen LogP contribution is 2.13. The van der Waals surface area contributed by atoms with Gasteiger partial charge in [0, 0.05) is 26.1 Å². The fourth-order valence-electron chi connectivity index (χ4n) is 2.65. The lowest BCUT2D eigenvalue weighted by Crippen LogP contribution is -2.35. The Morgan fingerprint density at radius 1 is 1.11 bits per heavy atom. The summed E-state index contributed by atoms with van der Waals surface area (Å²) in [4.78, 5) is 12.0. The number of aryl methyl sites for hydroxylation is 1. The van der Waals surface area contributed by atoms with E-state index >= 15 is 0 Å². The lowest BCUT2D eigenvalue weighted by Gasteiger charge is -2.20. The maximum atomic E-state index is 12.9. The van der Waals surface area contributed by atoms with Gasteiger partial charge in [0.05, 0.1) is 6.26 Å². The number of benzene rings is 2. The Kier molecular flexibility index (Phi) is 7.50. The highest BCUT2D eigenvalue weighted by molar-refractivity contribution is 7.88. The Labute approximate surface area is 160 Å². The molecule has 0 atom stereocenters. The number of hydrogen-bond acceptors (Lipinski definition) is 3. The molecule has 0 aliphatic carbocycles. The number of halogens is 1. The normalized spacial score (nSPS) is 11.6. The number of hydrogen-bond donors (Lipinski definition) is 1. The number of carbonyl (C=O) groups is 1. The Morgan fingerprint density at radius 3 is 2.41 bits per heavy atom. The summed E-state index contributed by atoms with van der Waals surface area (Å²) in [5.74, 6) is -0.507. The molecule has 2 aromatic carbocycles. The third-order valence-corrected chi connectivity index (χ3v) is 5.56. The summed E-state index contributed by atoms with van der Waals surface area (Å²) in [7, 11) is -3.43. The van der Waals surface area contributed by atoms with Crippen LogP contribution in [0.15, 0.2) is 48.5 Å². The molecule has 0 saturated carbocycles. The minimum absolute atomic E-state index is 0.0857. The quantitative estimate of drug-likeness (QED) is 0.713. The van der Waals surface area contributed by atoms with Gasteiger partial charge in [-0.25, -0.2) is 12.8 Å². The molecule has 0 heterocycles. The van der Waals surface area contributed by atoms with E-state index in [1.165, 1.54) is 16.4 Å². The molecule has 1 amide bonds. The van der Waals surface area contributed by atoms with Crippen LogP contribution in [-0.4, -0.2) is 38.0 Å². The zero-order valence-corrected chi connectivity index (χ0v) is 16.4. The average molecular weight is 392 g/mol. The summed E-state index contributed by atoms with van der Waals surface area (Å²) in [6, 6.07) is 13.7.